The van der Waals surface area contributed by atoms with E-state index in [0.29, 0.717) is 18.4 Å². The number of nitrogens with zero attached hydrogens (tertiary/aromatic N) is 2. The Bertz CT molecular complexity index is 762. The van der Waals surface area contributed by atoms with Crippen LogP contribution in [0, 0.1) is 0 Å². The van der Waals surface area contributed by atoms with Crippen LogP contribution in [0.1, 0.15) is 37.2 Å². The lowest BCUT2D eigenvalue weighted by Crippen LogP contribution is -2.53. The van der Waals surface area contributed by atoms with Gasteiger partial charge in [0.25, 0.3) is 5.91 Å². The first-order valence-corrected chi connectivity index (χ1v) is 10.9. The molecule has 2 saturated carbocycles. The van der Waals surface area contributed by atoms with E-state index in [1.54, 1.807) is 7.11 Å². The third-order valence-corrected chi connectivity index (χ3v) is 6.63. The molecule has 0 spiro atoms. The Balaban J connectivity index is 1.02. The van der Waals surface area contributed by atoms with Crippen molar-refractivity contribution < 1.29 is 19.0 Å². The summed E-state index contributed by atoms with van der Waals surface area (Å²) >= 11 is 0. The number of methoxy groups -OCH3 is 1. The van der Waals surface area contributed by atoms with Crippen LogP contribution in [0.15, 0.2) is 36.1 Å². The molecule has 0 radical (unpaired) electrons. The quantitative estimate of drug-likeness (QED) is 0.640. The van der Waals surface area contributed by atoms with E-state index in [-0.39, 0.29) is 18.1 Å². The van der Waals surface area contributed by atoms with Crippen LogP contribution >= 0.6 is 0 Å². The molecule has 1 saturated heterocycles. The summed E-state index contributed by atoms with van der Waals surface area (Å²) in [6, 6.07) is 8.46. The predicted molar refractivity (Wildman–Crippen MR) is 109 cm³/mol. The number of hydrogen-bond acceptors (Lipinski definition) is 5. The lowest BCUT2D eigenvalue weighted by atomic mass is 9.88. The SMILES string of the molecule is COC1CN(CCO[C@H]2C[C@@H](N3CC=C(Oc4ccc(C5CC5)cc4)C3=O)C2)C1. The second-order valence-corrected chi connectivity index (χ2v) is 8.71. The Hall–Kier alpha value is -1.89. The molecule has 0 aromatic heterocycles. The van der Waals surface area contributed by atoms with Gasteiger partial charge in [-0.2, -0.15) is 0 Å². The van der Waals surface area contributed by atoms with Crippen LogP contribution in [-0.4, -0.2) is 73.9 Å². The van der Waals surface area contributed by atoms with Crippen molar-refractivity contribution in [2.75, 3.05) is 39.9 Å². The van der Waals surface area contributed by atoms with Crippen molar-refractivity contribution in [1.29, 1.82) is 0 Å². The summed E-state index contributed by atoms with van der Waals surface area (Å²) in [6.07, 6.45) is 6.99. The molecule has 156 valence electrons. The van der Waals surface area contributed by atoms with Gasteiger partial charge in [0, 0.05) is 39.3 Å². The molecule has 1 aromatic rings. The van der Waals surface area contributed by atoms with Crippen LogP contribution in [0.5, 0.6) is 5.75 Å². The molecular weight excluding hydrogens is 368 g/mol. The Morgan fingerprint density at radius 1 is 1.07 bits per heavy atom. The maximum atomic E-state index is 12.7. The summed E-state index contributed by atoms with van der Waals surface area (Å²) in [5.74, 6) is 1.94. The molecule has 2 aliphatic carbocycles. The highest BCUT2D eigenvalue weighted by Crippen LogP contribution is 2.40. The highest BCUT2D eigenvalue weighted by molar-refractivity contribution is 5.94. The van der Waals surface area contributed by atoms with E-state index in [0.717, 1.165) is 50.8 Å². The zero-order chi connectivity index (χ0) is 19.8. The smallest absolute Gasteiger partial charge is 0.289 e. The third-order valence-electron chi connectivity index (χ3n) is 6.63. The van der Waals surface area contributed by atoms with E-state index >= 15 is 0 Å². The van der Waals surface area contributed by atoms with Crippen LogP contribution in [0.4, 0.5) is 0 Å². The molecule has 0 unspecified atom stereocenters. The second kappa shape index (κ2) is 8.09. The average molecular weight is 399 g/mol. The van der Waals surface area contributed by atoms with Gasteiger partial charge in [-0.05, 0) is 55.4 Å². The predicted octanol–water partition coefficient (Wildman–Crippen LogP) is 2.55. The summed E-state index contributed by atoms with van der Waals surface area (Å²) in [6.45, 7) is 4.37. The summed E-state index contributed by atoms with van der Waals surface area (Å²) in [4.78, 5) is 17.0. The summed E-state index contributed by atoms with van der Waals surface area (Å²) in [7, 11) is 1.77. The fraction of sp³-hybridized carbons (Fsp3) is 0.609. The van der Waals surface area contributed by atoms with Crippen molar-refractivity contribution in [3.63, 3.8) is 0 Å². The highest BCUT2D eigenvalue weighted by atomic mass is 16.5. The van der Waals surface area contributed by atoms with E-state index in [9.17, 15) is 4.79 Å². The molecule has 1 amide bonds. The van der Waals surface area contributed by atoms with Gasteiger partial charge in [0.15, 0.2) is 5.76 Å². The normalized spacial score (nSPS) is 27.6. The molecule has 2 heterocycles. The molecule has 0 atom stereocenters. The lowest BCUT2D eigenvalue weighted by Gasteiger charge is -2.42. The number of benzene rings is 1. The Morgan fingerprint density at radius 3 is 2.52 bits per heavy atom. The van der Waals surface area contributed by atoms with Gasteiger partial charge in [-0.1, -0.05) is 12.1 Å². The number of hydrogen-bond donors (Lipinski definition) is 0. The third kappa shape index (κ3) is 4.20. The summed E-state index contributed by atoms with van der Waals surface area (Å²) in [5.41, 5.74) is 1.37. The van der Waals surface area contributed by atoms with E-state index in [2.05, 4.69) is 17.0 Å². The van der Waals surface area contributed by atoms with Crippen molar-refractivity contribution in [3.05, 3.63) is 41.7 Å². The van der Waals surface area contributed by atoms with Gasteiger partial charge in [-0.15, -0.1) is 0 Å². The maximum absolute atomic E-state index is 12.7. The number of rotatable bonds is 9. The van der Waals surface area contributed by atoms with Gasteiger partial charge in [0.05, 0.1) is 18.8 Å². The molecular formula is C23H30N2O4. The zero-order valence-corrected chi connectivity index (χ0v) is 17.1. The minimum Gasteiger partial charge on any atom is -0.452 e. The molecule has 29 heavy (non-hydrogen) atoms. The lowest BCUT2D eigenvalue weighted by molar-refractivity contribution is -0.135. The van der Waals surface area contributed by atoms with Crippen molar-refractivity contribution in [3.8, 4) is 5.75 Å². The van der Waals surface area contributed by atoms with Crippen LogP contribution in [0.3, 0.4) is 0 Å². The fourth-order valence-electron chi connectivity index (χ4n) is 4.38. The topological polar surface area (TPSA) is 51.2 Å². The van der Waals surface area contributed by atoms with Gasteiger partial charge in [-0.3, -0.25) is 9.69 Å². The maximum Gasteiger partial charge on any atom is 0.289 e. The van der Waals surface area contributed by atoms with E-state index in [4.69, 9.17) is 14.2 Å². The Labute approximate surface area is 172 Å². The Morgan fingerprint density at radius 2 is 1.83 bits per heavy atom. The van der Waals surface area contributed by atoms with Crippen molar-refractivity contribution in [1.82, 2.24) is 9.80 Å². The van der Waals surface area contributed by atoms with E-state index < -0.39 is 0 Å². The van der Waals surface area contributed by atoms with Crippen molar-refractivity contribution >= 4 is 5.91 Å². The molecule has 3 fully saturated rings. The van der Waals surface area contributed by atoms with Gasteiger partial charge in [0.1, 0.15) is 5.75 Å². The number of ether oxygens (including phenoxy) is 3. The number of carbonyl (C=O) groups is 1. The molecule has 2 aliphatic heterocycles. The monoisotopic (exact) mass is 398 g/mol. The van der Waals surface area contributed by atoms with E-state index in [1.165, 1.54) is 18.4 Å². The molecule has 5 rings (SSSR count). The summed E-state index contributed by atoms with van der Waals surface area (Å²) < 4.78 is 17.1. The van der Waals surface area contributed by atoms with Gasteiger partial charge >= 0.3 is 0 Å². The van der Waals surface area contributed by atoms with Gasteiger partial charge in [0.2, 0.25) is 0 Å². The Kier molecular flexibility index (Phi) is 5.33. The van der Waals surface area contributed by atoms with Crippen LogP contribution in [0.2, 0.25) is 0 Å². The van der Waals surface area contributed by atoms with Crippen LogP contribution in [-0.2, 0) is 14.3 Å². The number of likely N-dealkylation sites (tertiary alicyclic amines) is 1. The second-order valence-electron chi connectivity index (χ2n) is 8.71. The van der Waals surface area contributed by atoms with Crippen LogP contribution in [0.25, 0.3) is 0 Å². The van der Waals surface area contributed by atoms with Crippen molar-refractivity contribution in [2.45, 2.75) is 49.9 Å². The fourth-order valence-corrected chi connectivity index (χ4v) is 4.38. The minimum absolute atomic E-state index is 0.00547. The van der Waals surface area contributed by atoms with Gasteiger partial charge in [-0.25, -0.2) is 0 Å². The highest BCUT2D eigenvalue weighted by Gasteiger charge is 2.40. The molecule has 1 aromatic carbocycles. The first-order chi connectivity index (χ1) is 14.2. The average Bonchev–Trinajstić information content (AvgIpc) is 3.45. The number of amides is 1. The molecule has 6 heteroatoms. The first-order valence-electron chi connectivity index (χ1n) is 10.9. The molecule has 6 nitrogen and oxygen atoms in total. The van der Waals surface area contributed by atoms with Gasteiger partial charge < -0.3 is 19.1 Å². The first kappa shape index (κ1) is 19.1. The standard InChI is InChI=1S/C23H30N2O4/c1-27-21-14-24(15-21)10-11-28-20-12-18(13-20)25-9-8-22(23(25)26)29-19-6-4-17(5-7-19)16-2-3-16/h4-8,16,18,20-21H,2-3,9-15H2,1H3/t18-,20+. The minimum atomic E-state index is 0.00547. The summed E-state index contributed by atoms with van der Waals surface area (Å²) in [5, 5.41) is 0. The van der Waals surface area contributed by atoms with Crippen molar-refractivity contribution in [2.24, 2.45) is 0 Å². The molecule has 4 aliphatic rings. The van der Waals surface area contributed by atoms with E-state index in [1.807, 2.05) is 23.1 Å². The molecule has 0 bridgehead atoms. The number of carbonyl (C=O) groups excluding carboxylic acids is 1. The van der Waals surface area contributed by atoms with Crippen LogP contribution < -0.4 is 4.74 Å². The largest absolute Gasteiger partial charge is 0.452 e. The molecule has 0 N–H and O–H groups in total. The zero-order valence-electron chi connectivity index (χ0n) is 17.1.